The van der Waals surface area contributed by atoms with E-state index in [4.69, 9.17) is 13.9 Å². The molecule has 0 fully saturated rings. The number of allylic oxidation sites excluding steroid dienone is 4. The van der Waals surface area contributed by atoms with E-state index in [1.807, 2.05) is 53.9 Å². The molecule has 0 unspecified atom stereocenters. The van der Waals surface area contributed by atoms with E-state index in [0.717, 1.165) is 82.3 Å². The molecule has 2 aromatic carbocycles. The van der Waals surface area contributed by atoms with Crippen molar-refractivity contribution >= 4 is 33.8 Å². The summed E-state index contributed by atoms with van der Waals surface area (Å²) in [6.07, 6.45) is 11.5. The standard InChI is InChI=1S/C45H69N5O8/c1-31(2)16-18-33-35(28-51)37(57-30-41(53)48-23-14-20-46-21-15-25-50(7)8)27-38-42(33)45(55)43-39(58-38)26-36(34(44(43)54)19-17-32(3)4)56-29-40(52)47-22-12-10-9-11-13-24-49(5)6/h16-17,26-27,46,51,54H,9-15,18-25,28-30H2,1-8H3,(H,47,52)(H,48,53). The van der Waals surface area contributed by atoms with E-state index in [2.05, 4.69) is 39.8 Å². The normalized spacial score (nSPS) is 11.4. The molecule has 3 aromatic rings. The Labute approximate surface area is 344 Å². The first-order valence-corrected chi connectivity index (χ1v) is 20.7. The number of benzene rings is 2. The average Bonchev–Trinajstić information content (AvgIpc) is 3.16. The van der Waals surface area contributed by atoms with Crippen LogP contribution in [0.25, 0.3) is 21.9 Å². The second kappa shape index (κ2) is 25.1. The number of ether oxygens (including phenoxy) is 2. The zero-order valence-electron chi connectivity index (χ0n) is 36.3. The molecule has 0 saturated heterocycles. The third kappa shape index (κ3) is 15.7. The highest BCUT2D eigenvalue weighted by Gasteiger charge is 2.24. The number of fused-ring (bicyclic) bond motifs is 2. The summed E-state index contributed by atoms with van der Waals surface area (Å²) in [7, 11) is 8.23. The molecule has 58 heavy (non-hydrogen) atoms. The monoisotopic (exact) mass is 808 g/mol. The maximum absolute atomic E-state index is 14.4. The van der Waals surface area contributed by atoms with Crippen molar-refractivity contribution < 1.29 is 33.7 Å². The lowest BCUT2D eigenvalue weighted by molar-refractivity contribution is -0.123. The maximum Gasteiger partial charge on any atom is 0.257 e. The molecule has 13 heteroatoms. The van der Waals surface area contributed by atoms with Crippen LogP contribution < -0.4 is 30.9 Å². The van der Waals surface area contributed by atoms with Gasteiger partial charge in [0.25, 0.3) is 11.8 Å². The number of phenolic OH excluding ortho intramolecular Hbond substituents is 1. The number of aromatic hydroxyl groups is 1. The lowest BCUT2D eigenvalue weighted by Crippen LogP contribution is -2.32. The number of nitrogens with zero attached hydrogens (tertiary/aromatic N) is 2. The maximum atomic E-state index is 14.4. The number of carbonyl (C=O) groups is 2. The van der Waals surface area contributed by atoms with Crippen LogP contribution in [0.2, 0.25) is 0 Å². The predicted octanol–water partition coefficient (Wildman–Crippen LogP) is 5.60. The van der Waals surface area contributed by atoms with Crippen molar-refractivity contribution in [1.29, 1.82) is 0 Å². The smallest absolute Gasteiger partial charge is 0.257 e. The fourth-order valence-corrected chi connectivity index (χ4v) is 6.51. The summed E-state index contributed by atoms with van der Waals surface area (Å²) in [5.41, 5.74) is 2.91. The minimum atomic E-state index is -0.482. The molecule has 13 nitrogen and oxygen atoms in total. The molecule has 5 N–H and O–H groups in total. The summed E-state index contributed by atoms with van der Waals surface area (Å²) < 4.78 is 18.3. The number of nitrogens with one attached hydrogen (secondary N) is 3. The molecule has 0 bridgehead atoms. The van der Waals surface area contributed by atoms with Gasteiger partial charge in [-0.05, 0) is 126 Å². The number of unbranched alkanes of at least 4 members (excludes halogenated alkanes) is 4. The molecular formula is C45H69N5O8. The topological polar surface area (TPSA) is 166 Å². The van der Waals surface area contributed by atoms with Gasteiger partial charge in [-0.3, -0.25) is 14.4 Å². The zero-order valence-corrected chi connectivity index (χ0v) is 36.3. The van der Waals surface area contributed by atoms with Gasteiger partial charge in [0, 0.05) is 36.3 Å². The molecule has 0 aliphatic rings. The van der Waals surface area contributed by atoms with Crippen LogP contribution in [0.15, 0.2) is 44.6 Å². The highest BCUT2D eigenvalue weighted by atomic mass is 16.5. The van der Waals surface area contributed by atoms with Gasteiger partial charge in [0.1, 0.15) is 33.8 Å². The first-order valence-electron chi connectivity index (χ1n) is 20.7. The van der Waals surface area contributed by atoms with Crippen molar-refractivity contribution in [2.45, 2.75) is 92.1 Å². The van der Waals surface area contributed by atoms with Gasteiger partial charge in [-0.25, -0.2) is 0 Å². The lowest BCUT2D eigenvalue weighted by atomic mass is 9.95. The van der Waals surface area contributed by atoms with E-state index < -0.39 is 12.0 Å². The Hall–Kier alpha value is -4.43. The molecule has 2 amide bonds. The van der Waals surface area contributed by atoms with E-state index in [-0.39, 0.29) is 77.1 Å². The minimum Gasteiger partial charge on any atom is -0.507 e. The first-order chi connectivity index (χ1) is 27.7. The lowest BCUT2D eigenvalue weighted by Gasteiger charge is -2.18. The summed E-state index contributed by atoms with van der Waals surface area (Å²) in [6.45, 7) is 11.4. The molecule has 0 saturated carbocycles. The zero-order chi connectivity index (χ0) is 42.6. The number of hydrogen-bond donors (Lipinski definition) is 5. The molecule has 0 aliphatic carbocycles. The Kier molecular flexibility index (Phi) is 20.8. The van der Waals surface area contributed by atoms with Crippen LogP contribution in [0, 0.1) is 0 Å². The second-order valence-corrected chi connectivity index (χ2v) is 15.9. The molecule has 322 valence electrons. The Morgan fingerprint density at radius 2 is 1.17 bits per heavy atom. The van der Waals surface area contributed by atoms with Gasteiger partial charge in [-0.1, -0.05) is 42.6 Å². The van der Waals surface area contributed by atoms with Gasteiger partial charge in [-0.2, -0.15) is 0 Å². The van der Waals surface area contributed by atoms with Crippen molar-refractivity contribution in [2.24, 2.45) is 0 Å². The average molecular weight is 808 g/mol. The van der Waals surface area contributed by atoms with Crippen molar-refractivity contribution in [3.05, 3.63) is 62.3 Å². The van der Waals surface area contributed by atoms with Gasteiger partial charge in [0.05, 0.1) is 12.0 Å². The van der Waals surface area contributed by atoms with Gasteiger partial charge >= 0.3 is 0 Å². The molecule has 0 radical (unpaired) electrons. The quantitative estimate of drug-likeness (QED) is 0.0370. The van der Waals surface area contributed by atoms with E-state index in [1.54, 1.807) is 0 Å². The fourth-order valence-electron chi connectivity index (χ4n) is 6.51. The van der Waals surface area contributed by atoms with E-state index in [0.29, 0.717) is 29.8 Å². The third-order valence-corrected chi connectivity index (χ3v) is 9.69. The van der Waals surface area contributed by atoms with E-state index >= 15 is 0 Å². The van der Waals surface area contributed by atoms with Crippen LogP contribution in [0.5, 0.6) is 17.2 Å². The summed E-state index contributed by atoms with van der Waals surface area (Å²) in [5.74, 6) is -0.487. The highest BCUT2D eigenvalue weighted by Crippen LogP contribution is 2.39. The Bertz CT molecular complexity index is 1910. The number of aliphatic hydroxyl groups is 1. The number of rotatable bonds is 27. The van der Waals surface area contributed by atoms with Crippen LogP contribution in [-0.4, -0.2) is 113 Å². The third-order valence-electron chi connectivity index (χ3n) is 9.69. The second-order valence-electron chi connectivity index (χ2n) is 15.9. The highest BCUT2D eigenvalue weighted by molar-refractivity contribution is 5.97. The van der Waals surface area contributed by atoms with Gasteiger partial charge in [0.2, 0.25) is 5.43 Å². The van der Waals surface area contributed by atoms with Crippen LogP contribution in [0.3, 0.4) is 0 Å². The first kappa shape index (κ1) is 47.9. The summed E-state index contributed by atoms with van der Waals surface area (Å²) in [5, 5.41) is 31.7. The van der Waals surface area contributed by atoms with Crippen molar-refractivity contribution in [1.82, 2.24) is 25.8 Å². The van der Waals surface area contributed by atoms with Crippen LogP contribution in [0.1, 0.15) is 89.3 Å². The minimum absolute atomic E-state index is 0.0328. The molecule has 0 atom stereocenters. The predicted molar refractivity (Wildman–Crippen MR) is 233 cm³/mol. The van der Waals surface area contributed by atoms with Crippen LogP contribution in [-0.2, 0) is 29.0 Å². The van der Waals surface area contributed by atoms with E-state index in [1.165, 1.54) is 12.1 Å². The largest absolute Gasteiger partial charge is 0.507 e. The fraction of sp³-hybridized carbons (Fsp3) is 0.578. The summed E-state index contributed by atoms with van der Waals surface area (Å²) in [4.78, 5) is 44.4. The Morgan fingerprint density at radius 1 is 0.672 bits per heavy atom. The van der Waals surface area contributed by atoms with Gasteiger partial charge in [-0.15, -0.1) is 0 Å². The van der Waals surface area contributed by atoms with Crippen molar-refractivity contribution in [2.75, 3.05) is 80.7 Å². The Morgan fingerprint density at radius 3 is 1.76 bits per heavy atom. The summed E-state index contributed by atoms with van der Waals surface area (Å²) >= 11 is 0. The molecule has 1 aromatic heterocycles. The SMILES string of the molecule is CC(C)=CCc1c(OCC(=O)NCCCCCCCN(C)C)cc2oc3cc(OCC(=O)NCCCNCCCN(C)C)c(CO)c(CC=C(C)C)c3c(=O)c2c1O. The number of carbonyl (C=O) groups excluding carboxylic acids is 2. The van der Waals surface area contributed by atoms with Crippen molar-refractivity contribution in [3.63, 3.8) is 0 Å². The van der Waals surface area contributed by atoms with Gasteiger partial charge < -0.3 is 49.9 Å². The molecule has 1 heterocycles. The number of amides is 2. The molecular weight excluding hydrogens is 739 g/mol. The van der Waals surface area contributed by atoms with Gasteiger partial charge in [0.15, 0.2) is 13.2 Å². The number of phenols is 1. The summed E-state index contributed by atoms with van der Waals surface area (Å²) in [6, 6.07) is 3.04. The number of hydrogen-bond acceptors (Lipinski definition) is 11. The van der Waals surface area contributed by atoms with Crippen LogP contribution in [0.4, 0.5) is 0 Å². The molecule has 3 rings (SSSR count). The van der Waals surface area contributed by atoms with Crippen molar-refractivity contribution in [3.8, 4) is 17.2 Å². The van der Waals surface area contributed by atoms with E-state index in [9.17, 15) is 24.6 Å². The van der Waals surface area contributed by atoms with Crippen LogP contribution >= 0.6 is 0 Å². The molecule has 0 aliphatic heterocycles. The number of aliphatic hydroxyl groups excluding tert-OH is 1. The Balaban J connectivity index is 1.89. The molecule has 0 spiro atoms.